The Morgan fingerprint density at radius 3 is 2.65 bits per heavy atom. The molecule has 0 saturated heterocycles. The summed E-state index contributed by atoms with van der Waals surface area (Å²) in [5, 5.41) is 10.0. The number of sulfonamides is 1. The maximum atomic E-state index is 12.1. The summed E-state index contributed by atoms with van der Waals surface area (Å²) in [6.07, 6.45) is 0.335. The van der Waals surface area contributed by atoms with Crippen LogP contribution in [0.4, 0.5) is 5.69 Å². The first-order valence-corrected chi connectivity index (χ1v) is 7.73. The lowest BCUT2D eigenvalue weighted by molar-refractivity contribution is 0.0292. The van der Waals surface area contributed by atoms with Crippen LogP contribution in [0.2, 0.25) is 0 Å². The summed E-state index contributed by atoms with van der Waals surface area (Å²) < 4.78 is 31.5. The number of methoxy groups -OCH3 is 1. The van der Waals surface area contributed by atoms with Gasteiger partial charge >= 0.3 is 0 Å². The number of ether oxygens (including phenoxy) is 1. The van der Waals surface area contributed by atoms with E-state index in [4.69, 9.17) is 10.5 Å². The van der Waals surface area contributed by atoms with Gasteiger partial charge in [0.1, 0.15) is 0 Å². The number of hydrogen-bond acceptors (Lipinski definition) is 5. The van der Waals surface area contributed by atoms with Crippen molar-refractivity contribution < 1.29 is 18.3 Å². The largest absolute Gasteiger partial charge is 0.398 e. The molecule has 0 radical (unpaired) electrons. The number of nitrogen functional groups attached to an aromatic ring is 1. The van der Waals surface area contributed by atoms with Crippen molar-refractivity contribution in [3.05, 3.63) is 23.8 Å². The third-order valence-electron chi connectivity index (χ3n) is 3.05. The predicted octanol–water partition coefficient (Wildman–Crippen LogP) is 0.643. The zero-order valence-electron chi connectivity index (χ0n) is 12.0. The summed E-state index contributed by atoms with van der Waals surface area (Å²) in [5.41, 5.74) is 5.77. The van der Waals surface area contributed by atoms with E-state index < -0.39 is 15.6 Å². The van der Waals surface area contributed by atoms with E-state index in [2.05, 4.69) is 4.72 Å². The number of nitrogens with two attached hydrogens (primary N) is 1. The molecule has 4 N–H and O–H groups in total. The SMILES string of the molecule is COCCC(C)(O)CNS(=O)(=O)c1ccc(C)c(N)c1. The predicted molar refractivity (Wildman–Crippen MR) is 77.9 cm³/mol. The molecule has 0 fully saturated rings. The standard InChI is InChI=1S/C13H22N2O4S/c1-10-4-5-11(8-12(10)14)20(17,18)15-9-13(2,16)6-7-19-3/h4-5,8,15-16H,6-7,9,14H2,1-3H3. The van der Waals surface area contributed by atoms with E-state index in [0.717, 1.165) is 5.56 Å². The monoisotopic (exact) mass is 302 g/mol. The topological polar surface area (TPSA) is 102 Å². The molecule has 0 amide bonds. The number of rotatable bonds is 7. The molecule has 0 aliphatic carbocycles. The number of nitrogens with one attached hydrogen (secondary N) is 1. The Balaban J connectivity index is 2.77. The van der Waals surface area contributed by atoms with Crippen molar-refractivity contribution in [2.24, 2.45) is 0 Å². The lowest BCUT2D eigenvalue weighted by atomic mass is 10.0. The fourth-order valence-electron chi connectivity index (χ4n) is 1.53. The Morgan fingerprint density at radius 2 is 2.10 bits per heavy atom. The maximum absolute atomic E-state index is 12.1. The summed E-state index contributed by atoms with van der Waals surface area (Å²) in [6.45, 7) is 3.62. The summed E-state index contributed by atoms with van der Waals surface area (Å²) in [5.74, 6) is 0. The quantitative estimate of drug-likeness (QED) is 0.642. The minimum Gasteiger partial charge on any atom is -0.398 e. The summed E-state index contributed by atoms with van der Waals surface area (Å²) in [4.78, 5) is 0.0862. The second kappa shape index (κ2) is 6.53. The van der Waals surface area contributed by atoms with Crippen LogP contribution in [0.1, 0.15) is 18.9 Å². The van der Waals surface area contributed by atoms with Gasteiger partial charge in [-0.2, -0.15) is 0 Å². The average molecular weight is 302 g/mol. The van der Waals surface area contributed by atoms with Crippen molar-refractivity contribution in [3.63, 3.8) is 0 Å². The lowest BCUT2D eigenvalue weighted by Crippen LogP contribution is -2.41. The molecule has 1 rings (SSSR count). The highest BCUT2D eigenvalue weighted by molar-refractivity contribution is 7.89. The van der Waals surface area contributed by atoms with Gasteiger partial charge in [-0.3, -0.25) is 0 Å². The van der Waals surface area contributed by atoms with Crippen molar-refractivity contribution in [1.82, 2.24) is 4.72 Å². The van der Waals surface area contributed by atoms with Gasteiger partial charge in [-0.25, -0.2) is 13.1 Å². The van der Waals surface area contributed by atoms with Crippen molar-refractivity contribution in [1.29, 1.82) is 0 Å². The van der Waals surface area contributed by atoms with E-state index in [1.807, 2.05) is 0 Å². The molecule has 1 aromatic carbocycles. The number of anilines is 1. The molecule has 1 atom stereocenters. The summed E-state index contributed by atoms with van der Waals surface area (Å²) in [7, 11) is -2.17. The minimum atomic E-state index is -3.69. The molecule has 1 unspecified atom stereocenters. The summed E-state index contributed by atoms with van der Waals surface area (Å²) in [6, 6.07) is 4.53. The van der Waals surface area contributed by atoms with E-state index in [0.29, 0.717) is 18.7 Å². The highest BCUT2D eigenvalue weighted by Gasteiger charge is 2.24. The molecule has 1 aromatic rings. The van der Waals surface area contributed by atoms with Crippen LogP contribution in [-0.4, -0.2) is 39.4 Å². The Hall–Kier alpha value is -1.15. The molecule has 20 heavy (non-hydrogen) atoms. The Kier molecular flexibility index (Phi) is 5.52. The molecule has 0 aliphatic rings. The molecule has 0 aromatic heterocycles. The number of benzene rings is 1. The molecule has 7 heteroatoms. The second-order valence-electron chi connectivity index (χ2n) is 5.08. The first-order valence-electron chi connectivity index (χ1n) is 6.25. The highest BCUT2D eigenvalue weighted by Crippen LogP contribution is 2.17. The Labute approximate surface area is 120 Å². The second-order valence-corrected chi connectivity index (χ2v) is 6.85. The Morgan fingerprint density at radius 1 is 1.45 bits per heavy atom. The van der Waals surface area contributed by atoms with Crippen LogP contribution < -0.4 is 10.5 Å². The molecular formula is C13H22N2O4S. The molecular weight excluding hydrogens is 280 g/mol. The van der Waals surface area contributed by atoms with Gasteiger partial charge in [0.25, 0.3) is 0 Å². The molecule has 0 bridgehead atoms. The van der Waals surface area contributed by atoms with Gasteiger partial charge in [0.2, 0.25) is 10.0 Å². The van der Waals surface area contributed by atoms with Crippen LogP contribution in [0.3, 0.4) is 0 Å². The van der Waals surface area contributed by atoms with Crippen LogP contribution in [0.25, 0.3) is 0 Å². The first kappa shape index (κ1) is 16.9. The number of aliphatic hydroxyl groups is 1. The third-order valence-corrected chi connectivity index (χ3v) is 4.45. The fourth-order valence-corrected chi connectivity index (χ4v) is 2.73. The van der Waals surface area contributed by atoms with Crippen LogP contribution in [-0.2, 0) is 14.8 Å². The molecule has 114 valence electrons. The van der Waals surface area contributed by atoms with Gasteiger partial charge in [0.05, 0.1) is 10.5 Å². The van der Waals surface area contributed by atoms with Crippen LogP contribution in [0.15, 0.2) is 23.1 Å². The molecule has 0 spiro atoms. The van der Waals surface area contributed by atoms with Crippen molar-refractivity contribution in [2.75, 3.05) is 26.0 Å². The zero-order valence-corrected chi connectivity index (χ0v) is 12.8. The molecule has 0 heterocycles. The lowest BCUT2D eigenvalue weighted by Gasteiger charge is -2.23. The van der Waals surface area contributed by atoms with Crippen molar-refractivity contribution in [2.45, 2.75) is 30.8 Å². The van der Waals surface area contributed by atoms with E-state index in [9.17, 15) is 13.5 Å². The van der Waals surface area contributed by atoms with E-state index in [1.165, 1.54) is 19.2 Å². The fraction of sp³-hybridized carbons (Fsp3) is 0.538. The minimum absolute atomic E-state index is 0.0862. The van der Waals surface area contributed by atoms with Crippen LogP contribution in [0.5, 0.6) is 0 Å². The van der Waals surface area contributed by atoms with E-state index >= 15 is 0 Å². The zero-order chi connectivity index (χ0) is 15.4. The van der Waals surface area contributed by atoms with Crippen molar-refractivity contribution in [3.8, 4) is 0 Å². The molecule has 0 saturated carbocycles. The number of hydrogen-bond donors (Lipinski definition) is 3. The van der Waals surface area contributed by atoms with Gasteiger partial charge in [0, 0.05) is 32.4 Å². The Bertz CT molecular complexity index is 555. The first-order chi connectivity index (χ1) is 9.18. The number of aryl methyl sites for hydroxylation is 1. The van der Waals surface area contributed by atoms with Gasteiger partial charge in [-0.1, -0.05) is 6.07 Å². The smallest absolute Gasteiger partial charge is 0.240 e. The van der Waals surface area contributed by atoms with Gasteiger partial charge in [-0.05, 0) is 31.5 Å². The van der Waals surface area contributed by atoms with Crippen LogP contribution in [0, 0.1) is 6.92 Å². The molecule has 0 aliphatic heterocycles. The van der Waals surface area contributed by atoms with Gasteiger partial charge in [-0.15, -0.1) is 0 Å². The van der Waals surface area contributed by atoms with E-state index in [1.54, 1.807) is 19.9 Å². The highest BCUT2D eigenvalue weighted by atomic mass is 32.2. The average Bonchev–Trinajstić information content (AvgIpc) is 2.37. The van der Waals surface area contributed by atoms with Crippen molar-refractivity contribution >= 4 is 15.7 Å². The van der Waals surface area contributed by atoms with Gasteiger partial charge < -0.3 is 15.6 Å². The van der Waals surface area contributed by atoms with E-state index in [-0.39, 0.29) is 11.4 Å². The van der Waals surface area contributed by atoms with Gasteiger partial charge in [0.15, 0.2) is 0 Å². The summed E-state index contributed by atoms with van der Waals surface area (Å²) >= 11 is 0. The van der Waals surface area contributed by atoms with Crippen LogP contribution >= 0.6 is 0 Å². The maximum Gasteiger partial charge on any atom is 0.240 e. The normalized spacial score (nSPS) is 15.0. The molecule has 6 nitrogen and oxygen atoms in total. The third kappa shape index (κ3) is 4.75.